The maximum atomic E-state index is 12.2. The largest absolute Gasteiger partial charge is 0.320 e. The highest BCUT2D eigenvalue weighted by Crippen LogP contribution is 2.19. The van der Waals surface area contributed by atoms with Crippen LogP contribution in [0.15, 0.2) is 18.3 Å². The van der Waals surface area contributed by atoms with Crippen LogP contribution in [0.5, 0.6) is 0 Å². The first-order valence-corrected chi connectivity index (χ1v) is 6.39. The Labute approximate surface area is 111 Å². The smallest absolute Gasteiger partial charge is 0.318 e. The van der Waals surface area contributed by atoms with E-state index in [-0.39, 0.29) is 12.1 Å². The number of pyridine rings is 1. The van der Waals surface area contributed by atoms with Gasteiger partial charge in [0.25, 0.3) is 0 Å². The van der Waals surface area contributed by atoms with Gasteiger partial charge in [0, 0.05) is 38.9 Å². The van der Waals surface area contributed by atoms with Crippen molar-refractivity contribution >= 4 is 6.03 Å². The minimum Gasteiger partial charge on any atom is -0.318 e. The Hall–Kier alpha value is -2.13. The molecule has 2 fully saturated rings. The number of aromatic nitrogens is 1. The summed E-state index contributed by atoms with van der Waals surface area (Å²) < 4.78 is 0. The number of hydrogen-bond acceptors (Lipinski definition) is 4. The second-order valence-corrected chi connectivity index (χ2v) is 4.88. The van der Waals surface area contributed by atoms with E-state index in [4.69, 9.17) is 5.26 Å². The molecular weight excluding hydrogens is 242 g/mol. The number of nitrogens with one attached hydrogen (secondary N) is 1. The number of nitriles is 1. The zero-order valence-electron chi connectivity index (χ0n) is 10.5. The van der Waals surface area contributed by atoms with Crippen molar-refractivity contribution in [1.82, 2.24) is 20.1 Å². The van der Waals surface area contributed by atoms with Gasteiger partial charge in [-0.2, -0.15) is 5.26 Å². The third-order valence-corrected chi connectivity index (χ3v) is 3.61. The van der Waals surface area contributed by atoms with Gasteiger partial charge in [-0.05, 0) is 17.7 Å². The molecule has 6 nitrogen and oxygen atoms in total. The lowest BCUT2D eigenvalue weighted by atomic mass is 10.2. The molecule has 1 aromatic rings. The van der Waals surface area contributed by atoms with E-state index in [9.17, 15) is 4.79 Å². The Morgan fingerprint density at radius 1 is 1.58 bits per heavy atom. The number of carbonyl (C=O) groups is 1. The number of urea groups is 1. The van der Waals surface area contributed by atoms with Gasteiger partial charge in [0.15, 0.2) is 0 Å². The fraction of sp³-hybridized carbons (Fsp3) is 0.462. The highest BCUT2D eigenvalue weighted by atomic mass is 16.2. The molecule has 0 radical (unpaired) electrons. The Bertz CT molecular complexity index is 538. The second-order valence-electron chi connectivity index (χ2n) is 4.88. The number of fused-ring (bicyclic) bond motifs is 1. The van der Waals surface area contributed by atoms with Gasteiger partial charge in [0.2, 0.25) is 0 Å². The summed E-state index contributed by atoms with van der Waals surface area (Å²) >= 11 is 0. The maximum absolute atomic E-state index is 12.2. The summed E-state index contributed by atoms with van der Waals surface area (Å²) in [5, 5.41) is 12.1. The van der Waals surface area contributed by atoms with Crippen molar-refractivity contribution in [2.24, 2.45) is 0 Å². The van der Waals surface area contributed by atoms with Crippen LogP contribution in [0.3, 0.4) is 0 Å². The van der Waals surface area contributed by atoms with Crippen LogP contribution in [0.25, 0.3) is 0 Å². The van der Waals surface area contributed by atoms with Crippen LogP contribution < -0.4 is 5.32 Å². The third-order valence-electron chi connectivity index (χ3n) is 3.61. The minimum atomic E-state index is 0.0989. The average Bonchev–Trinajstić information content (AvgIpc) is 2.76. The lowest BCUT2D eigenvalue weighted by Crippen LogP contribution is -2.49. The van der Waals surface area contributed by atoms with Gasteiger partial charge in [-0.3, -0.25) is 0 Å². The molecule has 1 unspecified atom stereocenters. The van der Waals surface area contributed by atoms with Crippen LogP contribution in [0, 0.1) is 11.3 Å². The molecule has 6 heteroatoms. The number of hydrogen-bond donors (Lipinski definition) is 1. The topological polar surface area (TPSA) is 72.3 Å². The molecular formula is C13H15N5O. The van der Waals surface area contributed by atoms with Gasteiger partial charge in [0.1, 0.15) is 11.8 Å². The first-order chi connectivity index (χ1) is 9.28. The molecule has 98 valence electrons. The van der Waals surface area contributed by atoms with E-state index in [2.05, 4.69) is 10.3 Å². The molecule has 2 aliphatic rings. The molecule has 0 spiro atoms. The standard InChI is InChI=1S/C13H15N5O/c14-6-11-5-10(1-2-16-11)8-17-9-12-7-15-3-4-18(12)13(17)19/h1-2,5,12,15H,3-4,7-9H2. The normalized spacial score (nSPS) is 22.3. The summed E-state index contributed by atoms with van der Waals surface area (Å²) in [6.45, 7) is 3.80. The molecule has 0 bridgehead atoms. The monoisotopic (exact) mass is 257 g/mol. The molecule has 0 saturated carbocycles. The van der Waals surface area contributed by atoms with Crippen LogP contribution in [0.4, 0.5) is 4.79 Å². The highest BCUT2D eigenvalue weighted by Gasteiger charge is 2.38. The summed E-state index contributed by atoms with van der Waals surface area (Å²) in [4.78, 5) is 20.0. The molecule has 2 saturated heterocycles. The number of rotatable bonds is 2. The second kappa shape index (κ2) is 4.86. The molecule has 3 rings (SSSR count). The van der Waals surface area contributed by atoms with Gasteiger partial charge < -0.3 is 15.1 Å². The Morgan fingerprint density at radius 3 is 3.26 bits per heavy atom. The molecule has 1 aromatic heterocycles. The van der Waals surface area contributed by atoms with Crippen molar-refractivity contribution in [3.05, 3.63) is 29.6 Å². The van der Waals surface area contributed by atoms with Gasteiger partial charge in [-0.25, -0.2) is 9.78 Å². The van der Waals surface area contributed by atoms with Crippen molar-refractivity contribution in [2.75, 3.05) is 26.2 Å². The van der Waals surface area contributed by atoms with Crippen LogP contribution in [0.1, 0.15) is 11.3 Å². The van der Waals surface area contributed by atoms with E-state index in [0.29, 0.717) is 12.2 Å². The van der Waals surface area contributed by atoms with E-state index in [1.54, 1.807) is 12.3 Å². The summed E-state index contributed by atoms with van der Waals surface area (Å²) in [5.74, 6) is 0. The average molecular weight is 257 g/mol. The number of carbonyl (C=O) groups excluding carboxylic acids is 1. The molecule has 1 atom stereocenters. The maximum Gasteiger partial charge on any atom is 0.320 e. The van der Waals surface area contributed by atoms with Crippen molar-refractivity contribution in [3.63, 3.8) is 0 Å². The lowest BCUT2D eigenvalue weighted by Gasteiger charge is -2.28. The predicted molar refractivity (Wildman–Crippen MR) is 68.1 cm³/mol. The first-order valence-electron chi connectivity index (χ1n) is 6.39. The van der Waals surface area contributed by atoms with Crippen molar-refractivity contribution < 1.29 is 4.79 Å². The Morgan fingerprint density at radius 2 is 2.47 bits per heavy atom. The zero-order chi connectivity index (χ0) is 13.2. The quantitative estimate of drug-likeness (QED) is 0.819. The minimum absolute atomic E-state index is 0.0989. The van der Waals surface area contributed by atoms with E-state index >= 15 is 0 Å². The Balaban J connectivity index is 1.73. The molecule has 0 aliphatic carbocycles. The van der Waals surface area contributed by atoms with Crippen molar-refractivity contribution in [1.29, 1.82) is 5.26 Å². The van der Waals surface area contributed by atoms with Crippen molar-refractivity contribution in [2.45, 2.75) is 12.6 Å². The van der Waals surface area contributed by atoms with E-state index in [1.807, 2.05) is 21.9 Å². The summed E-state index contributed by atoms with van der Waals surface area (Å²) in [6, 6.07) is 5.98. The van der Waals surface area contributed by atoms with Gasteiger partial charge >= 0.3 is 6.03 Å². The van der Waals surface area contributed by atoms with Crippen LogP contribution >= 0.6 is 0 Å². The highest BCUT2D eigenvalue weighted by molar-refractivity contribution is 5.77. The SMILES string of the molecule is N#Cc1cc(CN2CC3CNCCN3C2=O)ccn1. The Kier molecular flexibility index (Phi) is 3.05. The van der Waals surface area contributed by atoms with E-state index in [1.165, 1.54) is 0 Å². The number of nitrogens with zero attached hydrogens (tertiary/aromatic N) is 4. The number of piperazine rings is 1. The molecule has 2 aliphatic heterocycles. The van der Waals surface area contributed by atoms with E-state index in [0.717, 1.165) is 31.7 Å². The molecule has 2 amide bonds. The van der Waals surface area contributed by atoms with E-state index < -0.39 is 0 Å². The number of amides is 2. The molecule has 1 N–H and O–H groups in total. The lowest BCUT2D eigenvalue weighted by molar-refractivity contribution is 0.178. The van der Waals surface area contributed by atoms with Crippen molar-refractivity contribution in [3.8, 4) is 6.07 Å². The summed E-state index contributed by atoms with van der Waals surface area (Å²) in [6.07, 6.45) is 1.61. The van der Waals surface area contributed by atoms with Gasteiger partial charge in [-0.15, -0.1) is 0 Å². The predicted octanol–water partition coefficient (Wildman–Crippen LogP) is 0.163. The van der Waals surface area contributed by atoms with Gasteiger partial charge in [0.05, 0.1) is 6.04 Å². The van der Waals surface area contributed by atoms with Gasteiger partial charge in [-0.1, -0.05) is 0 Å². The summed E-state index contributed by atoms with van der Waals surface area (Å²) in [7, 11) is 0. The van der Waals surface area contributed by atoms with Crippen LogP contribution in [0.2, 0.25) is 0 Å². The zero-order valence-corrected chi connectivity index (χ0v) is 10.5. The molecule has 19 heavy (non-hydrogen) atoms. The molecule has 3 heterocycles. The fourth-order valence-electron chi connectivity index (χ4n) is 2.68. The van der Waals surface area contributed by atoms with Crippen LogP contribution in [-0.2, 0) is 6.54 Å². The first kappa shape index (κ1) is 11.9. The molecule has 0 aromatic carbocycles. The fourth-order valence-corrected chi connectivity index (χ4v) is 2.68. The summed E-state index contributed by atoms with van der Waals surface area (Å²) in [5.41, 5.74) is 1.34. The van der Waals surface area contributed by atoms with Crippen LogP contribution in [-0.4, -0.2) is 53.0 Å². The third kappa shape index (κ3) is 2.25.